The molecule has 0 fully saturated rings. The van der Waals surface area contributed by atoms with E-state index in [1.54, 1.807) is 0 Å². The number of rotatable bonds is 19. The van der Waals surface area contributed by atoms with Crippen molar-refractivity contribution in [1.29, 1.82) is 0 Å². The van der Waals surface area contributed by atoms with Crippen LogP contribution in [0.25, 0.3) is 0 Å². The van der Waals surface area contributed by atoms with Crippen molar-refractivity contribution < 1.29 is 0 Å². The molecule has 178 valence electrons. The molecule has 0 saturated heterocycles. The maximum Gasteiger partial charge on any atom is 0.136 e. The van der Waals surface area contributed by atoms with Crippen molar-refractivity contribution in [3.05, 3.63) is 0 Å². The monoisotopic (exact) mass is 492 g/mol. The number of thiocarbonyl (C=S) groups is 2. The van der Waals surface area contributed by atoms with Gasteiger partial charge in [0.2, 0.25) is 0 Å². The second-order valence-electron chi connectivity index (χ2n) is 8.03. The fourth-order valence-corrected chi connectivity index (χ4v) is 5.69. The summed E-state index contributed by atoms with van der Waals surface area (Å²) in [6.07, 6.45) is 15.1. The van der Waals surface area contributed by atoms with Crippen molar-refractivity contribution in [3.8, 4) is 0 Å². The van der Waals surface area contributed by atoms with E-state index in [0.29, 0.717) is 0 Å². The Morgan fingerprint density at radius 2 is 0.800 bits per heavy atom. The van der Waals surface area contributed by atoms with Crippen LogP contribution >= 0.6 is 48.0 Å². The summed E-state index contributed by atoms with van der Waals surface area (Å²) in [4.78, 5) is 4.88. The van der Waals surface area contributed by atoms with E-state index >= 15 is 0 Å². The van der Waals surface area contributed by atoms with Gasteiger partial charge >= 0.3 is 0 Å². The molecule has 0 aliphatic heterocycles. The third-order valence-corrected chi connectivity index (χ3v) is 8.35. The summed E-state index contributed by atoms with van der Waals surface area (Å²) < 4.78 is 2.24. The van der Waals surface area contributed by atoms with Gasteiger partial charge < -0.3 is 9.80 Å². The van der Waals surface area contributed by atoms with Crippen molar-refractivity contribution in [2.75, 3.05) is 37.7 Å². The van der Waals surface area contributed by atoms with Crippen LogP contribution in [-0.4, -0.2) is 56.1 Å². The Morgan fingerprint density at radius 3 is 1.07 bits per heavy atom. The SMILES string of the molecule is CCCCN(CCCC)C(=S)SCCCCCCSC(=S)N(CCCC)CCCC. The van der Waals surface area contributed by atoms with E-state index in [4.69, 9.17) is 24.4 Å². The van der Waals surface area contributed by atoms with Crippen molar-refractivity contribution in [2.24, 2.45) is 0 Å². The predicted octanol–water partition coefficient (Wildman–Crippen LogP) is 8.39. The van der Waals surface area contributed by atoms with Gasteiger partial charge in [0.15, 0.2) is 0 Å². The Balaban J connectivity index is 3.88. The quantitative estimate of drug-likeness (QED) is 0.131. The van der Waals surface area contributed by atoms with Crippen LogP contribution in [-0.2, 0) is 0 Å². The van der Waals surface area contributed by atoms with Gasteiger partial charge in [-0.05, 0) is 38.5 Å². The first kappa shape index (κ1) is 30.5. The van der Waals surface area contributed by atoms with Crippen molar-refractivity contribution >= 4 is 56.6 Å². The molecule has 0 spiro atoms. The van der Waals surface area contributed by atoms with Gasteiger partial charge in [-0.3, -0.25) is 0 Å². The van der Waals surface area contributed by atoms with E-state index in [2.05, 4.69) is 37.5 Å². The highest BCUT2D eigenvalue weighted by Gasteiger charge is 2.10. The van der Waals surface area contributed by atoms with Gasteiger partial charge in [-0.1, -0.05) is 114 Å². The summed E-state index contributed by atoms with van der Waals surface area (Å²) in [6, 6.07) is 0. The number of unbranched alkanes of at least 4 members (excludes halogenated alkanes) is 7. The second kappa shape index (κ2) is 22.7. The van der Waals surface area contributed by atoms with Gasteiger partial charge in [-0.2, -0.15) is 0 Å². The van der Waals surface area contributed by atoms with Gasteiger partial charge in [0, 0.05) is 37.7 Å². The molecule has 6 heteroatoms. The third kappa shape index (κ3) is 17.1. The molecule has 2 nitrogen and oxygen atoms in total. The molecule has 0 amide bonds. The molecule has 0 unspecified atom stereocenters. The molecule has 0 aromatic rings. The minimum absolute atomic E-state index is 1.12. The standard InChI is InChI=1S/C24H48N2S4/c1-5-9-17-25(18-10-6-2)23(27)29-21-15-13-14-16-22-30-24(28)26(19-11-7-3)20-12-8-4/h5-22H2,1-4H3. The number of hydrogen-bond acceptors (Lipinski definition) is 4. The number of nitrogens with zero attached hydrogens (tertiary/aromatic N) is 2. The number of hydrogen-bond donors (Lipinski definition) is 0. The molecular formula is C24H48N2S4. The topological polar surface area (TPSA) is 6.48 Å². The molecule has 0 saturated carbocycles. The summed E-state index contributed by atoms with van der Waals surface area (Å²) in [7, 11) is 0. The van der Waals surface area contributed by atoms with Crippen LogP contribution in [0, 0.1) is 0 Å². The Kier molecular flexibility index (Phi) is 23.0. The highest BCUT2D eigenvalue weighted by molar-refractivity contribution is 8.23. The molecule has 0 heterocycles. The lowest BCUT2D eigenvalue weighted by atomic mass is 10.2. The first-order valence-electron chi connectivity index (χ1n) is 12.4. The summed E-state index contributed by atoms with van der Waals surface area (Å²) >= 11 is 15.2. The van der Waals surface area contributed by atoms with Crippen molar-refractivity contribution in [3.63, 3.8) is 0 Å². The summed E-state index contributed by atoms with van der Waals surface area (Å²) in [5.74, 6) is 2.34. The smallest absolute Gasteiger partial charge is 0.136 e. The summed E-state index contributed by atoms with van der Waals surface area (Å²) in [5, 5.41) is 0. The normalized spacial score (nSPS) is 10.9. The maximum absolute atomic E-state index is 5.70. The largest absolute Gasteiger partial charge is 0.358 e. The summed E-state index contributed by atoms with van der Waals surface area (Å²) in [6.45, 7) is 13.6. The van der Waals surface area contributed by atoms with E-state index < -0.39 is 0 Å². The highest BCUT2D eigenvalue weighted by Crippen LogP contribution is 2.17. The molecule has 0 N–H and O–H groups in total. The Hall–Kier alpha value is 0.480. The Morgan fingerprint density at radius 1 is 0.500 bits per heavy atom. The number of thioether (sulfide) groups is 2. The lowest BCUT2D eigenvalue weighted by Gasteiger charge is -2.24. The zero-order valence-corrected chi connectivity index (χ0v) is 23.5. The minimum atomic E-state index is 1.12. The van der Waals surface area contributed by atoms with Crippen LogP contribution in [0.5, 0.6) is 0 Å². The molecule has 0 atom stereocenters. The molecule has 0 bridgehead atoms. The summed E-state index contributed by atoms with van der Waals surface area (Å²) in [5.41, 5.74) is 0. The molecule has 0 aliphatic carbocycles. The maximum atomic E-state index is 5.70. The highest BCUT2D eigenvalue weighted by atomic mass is 32.2. The molecule has 0 aliphatic rings. The van der Waals surface area contributed by atoms with Gasteiger partial charge in [-0.15, -0.1) is 0 Å². The zero-order valence-electron chi connectivity index (χ0n) is 20.3. The average Bonchev–Trinajstić information content (AvgIpc) is 2.75. The Bertz CT molecular complexity index is 364. The van der Waals surface area contributed by atoms with Crippen LogP contribution in [0.2, 0.25) is 0 Å². The van der Waals surface area contributed by atoms with E-state index in [-0.39, 0.29) is 0 Å². The minimum Gasteiger partial charge on any atom is -0.358 e. The van der Waals surface area contributed by atoms with Crippen LogP contribution < -0.4 is 0 Å². The zero-order chi connectivity index (χ0) is 22.5. The lowest BCUT2D eigenvalue weighted by molar-refractivity contribution is 0.410. The molecule has 0 aromatic heterocycles. The van der Waals surface area contributed by atoms with E-state index in [1.165, 1.54) is 88.6 Å². The first-order chi connectivity index (χ1) is 14.6. The molecule has 30 heavy (non-hydrogen) atoms. The first-order valence-corrected chi connectivity index (χ1v) is 15.2. The predicted molar refractivity (Wildman–Crippen MR) is 151 cm³/mol. The van der Waals surface area contributed by atoms with Crippen LogP contribution in [0.1, 0.15) is 105 Å². The fraction of sp³-hybridized carbons (Fsp3) is 0.917. The molecular weight excluding hydrogens is 445 g/mol. The van der Waals surface area contributed by atoms with Crippen LogP contribution in [0.4, 0.5) is 0 Å². The van der Waals surface area contributed by atoms with E-state index in [1.807, 2.05) is 23.5 Å². The lowest BCUT2D eigenvalue weighted by Crippen LogP contribution is -2.29. The molecule has 0 aromatic carbocycles. The van der Waals surface area contributed by atoms with E-state index in [9.17, 15) is 0 Å². The second-order valence-corrected chi connectivity index (χ2v) is 11.5. The van der Waals surface area contributed by atoms with Crippen molar-refractivity contribution in [1.82, 2.24) is 9.80 Å². The van der Waals surface area contributed by atoms with Crippen LogP contribution in [0.15, 0.2) is 0 Å². The fourth-order valence-electron chi connectivity index (χ4n) is 3.04. The molecule has 0 rings (SSSR count). The van der Waals surface area contributed by atoms with Gasteiger partial charge in [0.25, 0.3) is 0 Å². The third-order valence-electron chi connectivity index (χ3n) is 5.13. The molecule has 0 radical (unpaired) electrons. The Labute approximate surface area is 208 Å². The van der Waals surface area contributed by atoms with E-state index in [0.717, 1.165) is 34.8 Å². The van der Waals surface area contributed by atoms with Gasteiger partial charge in [0.05, 0.1) is 0 Å². The van der Waals surface area contributed by atoms with Crippen LogP contribution in [0.3, 0.4) is 0 Å². The van der Waals surface area contributed by atoms with Gasteiger partial charge in [-0.25, -0.2) is 0 Å². The van der Waals surface area contributed by atoms with Gasteiger partial charge in [0.1, 0.15) is 8.64 Å². The average molecular weight is 493 g/mol. The van der Waals surface area contributed by atoms with Crippen molar-refractivity contribution in [2.45, 2.75) is 105 Å².